The molecule has 0 atom stereocenters. The number of likely N-dealkylation sites (N-methyl/N-ethyl adjacent to an activating group) is 1. The molecular weight excluding hydrogens is 220 g/mol. The number of ether oxygens (including phenoxy) is 1. The summed E-state index contributed by atoms with van der Waals surface area (Å²) in [7, 11) is 3.75. The maximum Gasteiger partial charge on any atom is 0.409 e. The smallest absolute Gasteiger partial charge is 0.409 e. The van der Waals surface area contributed by atoms with Crippen molar-refractivity contribution in [3.63, 3.8) is 0 Å². The molecule has 2 aliphatic heterocycles. The molecule has 0 aliphatic carbocycles. The minimum absolute atomic E-state index is 0.208. The lowest BCUT2D eigenvalue weighted by Gasteiger charge is -2.05. The molecule has 0 saturated carbocycles. The van der Waals surface area contributed by atoms with Crippen LogP contribution in [0.5, 0.6) is 0 Å². The monoisotopic (exact) mass is 234 g/mol. The molecule has 0 aromatic carbocycles. The van der Waals surface area contributed by atoms with Crippen LogP contribution in [0.3, 0.4) is 0 Å². The van der Waals surface area contributed by atoms with Crippen LogP contribution in [0, 0.1) is 0 Å². The molecule has 2 saturated heterocycles. The number of rotatable bonds is 0. The van der Waals surface area contributed by atoms with Gasteiger partial charge in [-0.1, -0.05) is 24.0 Å². The molecule has 0 aromatic heterocycles. The van der Waals surface area contributed by atoms with Gasteiger partial charge in [0.15, 0.2) is 0 Å². The number of carbonyl (C=O) groups is 1. The van der Waals surface area contributed by atoms with Crippen molar-refractivity contribution < 1.29 is 9.53 Å². The minimum atomic E-state index is -0.208. The third-order valence-corrected chi connectivity index (χ3v) is 3.54. The third-order valence-electron chi connectivity index (χ3n) is 1.93. The molecule has 0 radical (unpaired) electrons. The summed E-state index contributed by atoms with van der Waals surface area (Å²) in [6.45, 7) is 2.41. The summed E-state index contributed by atoms with van der Waals surface area (Å²) in [6.07, 6.45) is -0.208. The lowest BCUT2D eigenvalue weighted by Crippen LogP contribution is -2.17. The summed E-state index contributed by atoms with van der Waals surface area (Å²) < 4.78 is 5.59. The van der Waals surface area contributed by atoms with Crippen molar-refractivity contribution in [1.29, 1.82) is 0 Å². The molecule has 0 bridgehead atoms. The fourth-order valence-electron chi connectivity index (χ4n) is 0.943. The van der Waals surface area contributed by atoms with Gasteiger partial charge in [-0.15, -0.1) is 0 Å². The molecule has 0 N–H and O–H groups in total. The Balaban J connectivity index is 0.000000140. The summed E-state index contributed by atoms with van der Waals surface area (Å²) in [6, 6.07) is 0. The second-order valence-electron chi connectivity index (χ2n) is 3.07. The van der Waals surface area contributed by atoms with Crippen LogP contribution >= 0.6 is 24.0 Å². The molecule has 0 aromatic rings. The highest BCUT2D eigenvalue weighted by molar-refractivity contribution is 8.23. The van der Waals surface area contributed by atoms with Gasteiger partial charge in [-0.2, -0.15) is 0 Å². The summed E-state index contributed by atoms with van der Waals surface area (Å²) in [5, 5.41) is 0. The van der Waals surface area contributed by atoms with Crippen molar-refractivity contribution in [3.8, 4) is 0 Å². The summed E-state index contributed by atoms with van der Waals surface area (Å²) >= 11 is 6.69. The van der Waals surface area contributed by atoms with Crippen LogP contribution in [0.15, 0.2) is 0 Å². The molecule has 80 valence electrons. The van der Waals surface area contributed by atoms with E-state index in [-0.39, 0.29) is 6.09 Å². The Kier molecular flexibility index (Phi) is 4.47. The Bertz CT molecular complexity index is 211. The first-order chi connectivity index (χ1) is 6.61. The molecule has 2 heterocycles. The number of thioether (sulfide) groups is 1. The van der Waals surface area contributed by atoms with Crippen molar-refractivity contribution in [1.82, 2.24) is 9.80 Å². The maximum absolute atomic E-state index is 10.3. The first-order valence-electron chi connectivity index (χ1n) is 4.37. The Labute approximate surface area is 93.6 Å². The number of hydrogen-bond acceptors (Lipinski definition) is 4. The van der Waals surface area contributed by atoms with Gasteiger partial charge in [0.2, 0.25) is 0 Å². The van der Waals surface area contributed by atoms with Crippen LogP contribution in [0.25, 0.3) is 0 Å². The zero-order valence-corrected chi connectivity index (χ0v) is 9.99. The average Bonchev–Trinajstić information content (AvgIpc) is 2.67. The van der Waals surface area contributed by atoms with E-state index in [9.17, 15) is 4.79 Å². The van der Waals surface area contributed by atoms with E-state index in [0.29, 0.717) is 6.61 Å². The van der Waals surface area contributed by atoms with Crippen LogP contribution in [0.1, 0.15) is 0 Å². The van der Waals surface area contributed by atoms with Crippen LogP contribution < -0.4 is 0 Å². The van der Waals surface area contributed by atoms with E-state index in [4.69, 9.17) is 12.2 Å². The molecule has 1 amide bonds. The van der Waals surface area contributed by atoms with E-state index >= 15 is 0 Å². The van der Waals surface area contributed by atoms with Gasteiger partial charge in [-0.3, -0.25) is 0 Å². The minimum Gasteiger partial charge on any atom is -0.448 e. The molecule has 2 fully saturated rings. The molecule has 0 spiro atoms. The van der Waals surface area contributed by atoms with E-state index in [2.05, 4.69) is 9.64 Å². The molecular formula is C8H14N2O2S2. The highest BCUT2D eigenvalue weighted by Gasteiger charge is 2.15. The Morgan fingerprint density at radius 1 is 1.36 bits per heavy atom. The van der Waals surface area contributed by atoms with E-state index in [0.717, 1.165) is 17.4 Å². The van der Waals surface area contributed by atoms with Crippen LogP contribution in [0.2, 0.25) is 0 Å². The number of hydrogen-bond donors (Lipinski definition) is 0. The largest absolute Gasteiger partial charge is 0.448 e. The van der Waals surface area contributed by atoms with Gasteiger partial charge in [-0.25, -0.2) is 4.79 Å². The predicted octanol–water partition coefficient (Wildman–Crippen LogP) is 1.02. The third kappa shape index (κ3) is 3.34. The lowest BCUT2D eigenvalue weighted by atomic mass is 10.7. The lowest BCUT2D eigenvalue weighted by molar-refractivity contribution is 0.163. The van der Waals surface area contributed by atoms with Gasteiger partial charge in [0.25, 0.3) is 0 Å². The zero-order chi connectivity index (χ0) is 10.6. The quantitative estimate of drug-likeness (QED) is 0.584. The maximum atomic E-state index is 10.3. The molecule has 4 nitrogen and oxygen atoms in total. The second kappa shape index (κ2) is 5.41. The number of carbonyl (C=O) groups excluding carboxylic acids is 1. The number of thiocarbonyl (C=S) groups is 1. The highest BCUT2D eigenvalue weighted by Crippen LogP contribution is 2.14. The summed E-state index contributed by atoms with van der Waals surface area (Å²) in [5.74, 6) is 1.18. The van der Waals surface area contributed by atoms with E-state index in [1.165, 1.54) is 5.75 Å². The number of nitrogens with zero attached hydrogens (tertiary/aromatic N) is 2. The van der Waals surface area contributed by atoms with Crippen LogP contribution in [0.4, 0.5) is 4.79 Å². The van der Waals surface area contributed by atoms with Crippen LogP contribution in [-0.4, -0.2) is 59.8 Å². The van der Waals surface area contributed by atoms with E-state index < -0.39 is 0 Å². The van der Waals surface area contributed by atoms with Crippen molar-refractivity contribution in [3.05, 3.63) is 0 Å². The van der Waals surface area contributed by atoms with Crippen molar-refractivity contribution >= 4 is 34.4 Å². The van der Waals surface area contributed by atoms with Crippen LogP contribution in [-0.2, 0) is 4.74 Å². The van der Waals surface area contributed by atoms with Gasteiger partial charge in [0, 0.05) is 26.4 Å². The molecule has 2 rings (SSSR count). The van der Waals surface area contributed by atoms with Gasteiger partial charge < -0.3 is 14.5 Å². The number of cyclic esters (lactones) is 1. The topological polar surface area (TPSA) is 32.8 Å². The van der Waals surface area contributed by atoms with Gasteiger partial charge in [0.05, 0.1) is 6.54 Å². The molecule has 0 unspecified atom stereocenters. The fourth-order valence-corrected chi connectivity index (χ4v) is 2.14. The predicted molar refractivity (Wildman–Crippen MR) is 61.7 cm³/mol. The van der Waals surface area contributed by atoms with Crippen molar-refractivity contribution in [2.75, 3.05) is 39.5 Å². The Hall–Kier alpha value is -0.490. The summed E-state index contributed by atoms with van der Waals surface area (Å²) in [5.41, 5.74) is 0. The van der Waals surface area contributed by atoms with Crippen molar-refractivity contribution in [2.24, 2.45) is 0 Å². The second-order valence-corrected chi connectivity index (χ2v) is 4.80. The summed E-state index contributed by atoms with van der Waals surface area (Å²) in [4.78, 5) is 13.9. The molecule has 6 heteroatoms. The SMILES string of the molecule is CN1CCOC1=O.CN1CCSC1=S. The molecule has 14 heavy (non-hydrogen) atoms. The Morgan fingerprint density at radius 3 is 2.21 bits per heavy atom. The molecule has 2 aliphatic rings. The number of amides is 1. The van der Waals surface area contributed by atoms with E-state index in [1.807, 2.05) is 7.05 Å². The van der Waals surface area contributed by atoms with Crippen molar-refractivity contribution in [2.45, 2.75) is 0 Å². The fraction of sp³-hybridized carbons (Fsp3) is 0.750. The first-order valence-corrected chi connectivity index (χ1v) is 5.76. The highest BCUT2D eigenvalue weighted by atomic mass is 32.2. The van der Waals surface area contributed by atoms with Gasteiger partial charge >= 0.3 is 6.09 Å². The normalized spacial score (nSPS) is 20.7. The Morgan fingerprint density at radius 2 is 2.07 bits per heavy atom. The van der Waals surface area contributed by atoms with Gasteiger partial charge in [-0.05, 0) is 0 Å². The first kappa shape index (κ1) is 11.6. The zero-order valence-electron chi connectivity index (χ0n) is 8.36. The standard InChI is InChI=1S/C4H7NO2.C4H7NS2/c2*1-5-2-3-7-4(5)6/h2*2-3H2,1H3. The average molecular weight is 234 g/mol. The van der Waals surface area contributed by atoms with Gasteiger partial charge in [0.1, 0.15) is 10.9 Å². The van der Waals surface area contributed by atoms with E-state index in [1.54, 1.807) is 23.7 Å².